The summed E-state index contributed by atoms with van der Waals surface area (Å²) in [6.45, 7) is 0. The number of nitrogens with zero attached hydrogens (tertiary/aromatic N) is 1. The number of para-hydroxylation sites is 2. The third kappa shape index (κ3) is 4.79. The van der Waals surface area contributed by atoms with Gasteiger partial charge in [-0.15, -0.1) is 0 Å². The Morgan fingerprint density at radius 1 is 0.328 bits per heavy atom. The second kappa shape index (κ2) is 13.0. The maximum atomic E-state index is 6.65. The summed E-state index contributed by atoms with van der Waals surface area (Å²) in [5.74, 6) is 0. The van der Waals surface area contributed by atoms with Gasteiger partial charge in [0.1, 0.15) is 11.2 Å². The van der Waals surface area contributed by atoms with E-state index in [0.717, 1.165) is 55.7 Å². The number of rotatable bonds is 5. The molecule has 2 nitrogen and oxygen atoms in total. The highest BCUT2D eigenvalue weighted by Crippen LogP contribution is 2.63. The van der Waals surface area contributed by atoms with Crippen LogP contribution in [-0.4, -0.2) is 0 Å². The van der Waals surface area contributed by atoms with Crippen LogP contribution in [0.2, 0.25) is 0 Å². The summed E-state index contributed by atoms with van der Waals surface area (Å²) in [5.41, 5.74) is 19.7. The lowest BCUT2D eigenvalue weighted by Gasteiger charge is -2.33. The van der Waals surface area contributed by atoms with Gasteiger partial charge in [0.25, 0.3) is 0 Å². The lowest BCUT2D eigenvalue weighted by atomic mass is 9.70. The molecule has 0 N–H and O–H groups in total. The number of hydrogen-bond donors (Lipinski definition) is 0. The highest BCUT2D eigenvalue weighted by Gasteiger charge is 2.51. The van der Waals surface area contributed by atoms with E-state index in [2.05, 4.69) is 229 Å². The van der Waals surface area contributed by atoms with Crippen LogP contribution in [-0.2, 0) is 5.41 Å². The van der Waals surface area contributed by atoms with Gasteiger partial charge in [-0.3, -0.25) is 0 Å². The summed E-state index contributed by atoms with van der Waals surface area (Å²) in [4.78, 5) is 2.50. The fraction of sp³-hybridized carbons (Fsp3) is 0.0169. The first kappa shape index (κ1) is 34.0. The van der Waals surface area contributed by atoms with E-state index in [1.165, 1.54) is 60.8 Å². The van der Waals surface area contributed by atoms with Crippen LogP contribution in [0.3, 0.4) is 0 Å². The van der Waals surface area contributed by atoms with Crippen LogP contribution in [0.1, 0.15) is 22.3 Å². The number of anilines is 3. The van der Waals surface area contributed by atoms with Crippen LogP contribution in [0.5, 0.6) is 0 Å². The molecule has 284 valence electrons. The predicted molar refractivity (Wildman–Crippen MR) is 253 cm³/mol. The van der Waals surface area contributed by atoms with Gasteiger partial charge in [-0.2, -0.15) is 0 Å². The molecule has 1 heterocycles. The molecule has 2 aliphatic rings. The number of furan rings is 1. The van der Waals surface area contributed by atoms with Crippen molar-refractivity contribution in [3.05, 3.63) is 247 Å². The van der Waals surface area contributed by atoms with Crippen molar-refractivity contribution in [2.45, 2.75) is 5.41 Å². The molecule has 0 fully saturated rings. The van der Waals surface area contributed by atoms with Gasteiger partial charge in [0.2, 0.25) is 0 Å². The molecular formula is C59H37NO. The SMILES string of the molecule is c1ccc(-c2ccccc2N(c2ccc3c(c2)C2(c4ccccc4-c4ccccc42)c2ccccc2-3)c2ccccc2-c2cccc3oc4cc5ccccc5cc4c23)cc1. The van der Waals surface area contributed by atoms with E-state index >= 15 is 0 Å². The van der Waals surface area contributed by atoms with Gasteiger partial charge in [-0.05, 0) is 109 Å². The predicted octanol–water partition coefficient (Wildman–Crippen LogP) is 15.9. The Bertz CT molecular complexity index is 3490. The molecule has 0 radical (unpaired) electrons. The molecule has 13 rings (SSSR count). The van der Waals surface area contributed by atoms with E-state index in [0.29, 0.717) is 0 Å². The van der Waals surface area contributed by atoms with Crippen molar-refractivity contribution in [2.75, 3.05) is 4.90 Å². The van der Waals surface area contributed by atoms with E-state index in [1.54, 1.807) is 0 Å². The van der Waals surface area contributed by atoms with Crippen LogP contribution in [0.25, 0.3) is 77.2 Å². The zero-order chi connectivity index (χ0) is 40.1. The van der Waals surface area contributed by atoms with Crippen molar-refractivity contribution in [3.8, 4) is 44.5 Å². The summed E-state index contributed by atoms with van der Waals surface area (Å²) in [7, 11) is 0. The summed E-state index contributed by atoms with van der Waals surface area (Å²) >= 11 is 0. The topological polar surface area (TPSA) is 16.4 Å². The molecule has 1 aromatic heterocycles. The molecule has 0 bridgehead atoms. The van der Waals surface area contributed by atoms with Crippen LogP contribution in [0.4, 0.5) is 17.1 Å². The summed E-state index contributed by atoms with van der Waals surface area (Å²) in [6, 6.07) is 82.3. The minimum atomic E-state index is -0.469. The Labute approximate surface area is 354 Å². The Balaban J connectivity index is 1.11. The van der Waals surface area contributed by atoms with Gasteiger partial charge in [-0.25, -0.2) is 0 Å². The maximum Gasteiger partial charge on any atom is 0.136 e. The second-order valence-corrected chi connectivity index (χ2v) is 16.3. The van der Waals surface area contributed by atoms with Gasteiger partial charge in [-0.1, -0.05) is 182 Å². The van der Waals surface area contributed by atoms with E-state index in [1.807, 2.05) is 0 Å². The van der Waals surface area contributed by atoms with E-state index in [4.69, 9.17) is 4.42 Å². The van der Waals surface area contributed by atoms with Crippen molar-refractivity contribution < 1.29 is 4.42 Å². The summed E-state index contributed by atoms with van der Waals surface area (Å²) in [5, 5.41) is 4.60. The highest BCUT2D eigenvalue weighted by molar-refractivity contribution is 6.17. The van der Waals surface area contributed by atoms with Crippen molar-refractivity contribution in [2.24, 2.45) is 0 Å². The maximum absolute atomic E-state index is 6.65. The molecule has 0 atom stereocenters. The molecule has 1 spiro atoms. The fourth-order valence-corrected chi connectivity index (χ4v) is 10.8. The number of hydrogen-bond acceptors (Lipinski definition) is 2. The zero-order valence-corrected chi connectivity index (χ0v) is 33.2. The molecule has 2 aliphatic carbocycles. The van der Waals surface area contributed by atoms with Crippen LogP contribution >= 0.6 is 0 Å². The molecule has 11 aromatic rings. The Morgan fingerprint density at radius 2 is 0.836 bits per heavy atom. The number of fused-ring (bicyclic) bond motifs is 14. The van der Waals surface area contributed by atoms with Crippen molar-refractivity contribution >= 4 is 49.8 Å². The third-order valence-electron chi connectivity index (χ3n) is 13.3. The lowest BCUT2D eigenvalue weighted by Crippen LogP contribution is -2.26. The lowest BCUT2D eigenvalue weighted by molar-refractivity contribution is 0.669. The quantitative estimate of drug-likeness (QED) is 0.173. The van der Waals surface area contributed by atoms with Gasteiger partial charge < -0.3 is 9.32 Å². The summed E-state index contributed by atoms with van der Waals surface area (Å²) < 4.78 is 6.65. The Hall–Kier alpha value is -7.94. The molecule has 2 heteroatoms. The average molecular weight is 776 g/mol. The number of benzene rings is 10. The first-order valence-corrected chi connectivity index (χ1v) is 21.1. The van der Waals surface area contributed by atoms with Gasteiger partial charge in [0, 0.05) is 27.6 Å². The zero-order valence-electron chi connectivity index (χ0n) is 33.2. The van der Waals surface area contributed by atoms with E-state index in [-0.39, 0.29) is 0 Å². The largest absolute Gasteiger partial charge is 0.456 e. The minimum Gasteiger partial charge on any atom is -0.456 e. The normalized spacial score (nSPS) is 13.0. The molecule has 0 amide bonds. The van der Waals surface area contributed by atoms with Crippen molar-refractivity contribution in [1.82, 2.24) is 0 Å². The molecule has 10 aromatic carbocycles. The molecule has 0 unspecified atom stereocenters. The van der Waals surface area contributed by atoms with E-state index < -0.39 is 5.41 Å². The molecule has 0 saturated heterocycles. The van der Waals surface area contributed by atoms with Gasteiger partial charge in [0.05, 0.1) is 16.8 Å². The monoisotopic (exact) mass is 775 g/mol. The Kier molecular flexibility index (Phi) is 7.26. The van der Waals surface area contributed by atoms with Crippen LogP contribution < -0.4 is 4.90 Å². The standard InChI is InChI=1S/C59H37NO/c1-2-17-38(18-3-1)42-21-9-14-30-54(42)60(55-31-15-10-25-47(55)48-26-16-32-56-58(48)49-35-39-19-4-5-20-40(39)36-57(49)61-56)41-33-34-46-45-24-8-13-29-52(45)59(53(46)37-41)50-27-11-6-22-43(50)44-23-7-12-28-51(44)59/h1-37H. The minimum absolute atomic E-state index is 0.469. The fourth-order valence-electron chi connectivity index (χ4n) is 10.8. The molecular weight excluding hydrogens is 739 g/mol. The summed E-state index contributed by atoms with van der Waals surface area (Å²) in [6.07, 6.45) is 0. The smallest absolute Gasteiger partial charge is 0.136 e. The molecule has 0 aliphatic heterocycles. The Morgan fingerprint density at radius 3 is 1.51 bits per heavy atom. The van der Waals surface area contributed by atoms with Crippen molar-refractivity contribution in [3.63, 3.8) is 0 Å². The van der Waals surface area contributed by atoms with E-state index in [9.17, 15) is 0 Å². The second-order valence-electron chi connectivity index (χ2n) is 16.3. The first-order valence-electron chi connectivity index (χ1n) is 21.1. The van der Waals surface area contributed by atoms with Crippen LogP contribution in [0.15, 0.2) is 229 Å². The average Bonchev–Trinajstić information content (AvgIpc) is 3.95. The highest BCUT2D eigenvalue weighted by atomic mass is 16.3. The van der Waals surface area contributed by atoms with Crippen LogP contribution in [0, 0.1) is 0 Å². The van der Waals surface area contributed by atoms with Gasteiger partial charge >= 0.3 is 0 Å². The van der Waals surface area contributed by atoms with Gasteiger partial charge in [0.15, 0.2) is 0 Å². The molecule has 61 heavy (non-hydrogen) atoms. The molecule has 0 saturated carbocycles. The first-order chi connectivity index (χ1) is 30.3. The van der Waals surface area contributed by atoms with Crippen molar-refractivity contribution in [1.29, 1.82) is 0 Å². The third-order valence-corrected chi connectivity index (χ3v) is 13.3.